The Balaban J connectivity index is 1.86. The van der Waals surface area contributed by atoms with E-state index in [-0.39, 0.29) is 5.91 Å². The van der Waals surface area contributed by atoms with Crippen LogP contribution in [0.2, 0.25) is 0 Å². The van der Waals surface area contributed by atoms with Crippen molar-refractivity contribution in [1.82, 2.24) is 14.6 Å². The van der Waals surface area contributed by atoms with Crippen LogP contribution in [0.5, 0.6) is 0 Å². The van der Waals surface area contributed by atoms with Gasteiger partial charge in [-0.15, -0.1) is 5.10 Å². The lowest BCUT2D eigenvalue weighted by Crippen LogP contribution is -2.11. The number of hydrogen-bond donors (Lipinski definition) is 2. The van der Waals surface area contributed by atoms with E-state index in [9.17, 15) is 4.79 Å². The maximum Gasteiger partial charge on any atom is 0.243 e. The molecule has 0 aliphatic carbocycles. The maximum atomic E-state index is 10.6. The number of carbonyl (C=O) groups is 1. The fraction of sp³-hybridized carbons (Fsp3) is 0.417. The summed E-state index contributed by atoms with van der Waals surface area (Å²) in [4.78, 5) is 14.9. The van der Waals surface area contributed by atoms with Gasteiger partial charge in [0.1, 0.15) is 0 Å². The Morgan fingerprint density at radius 2 is 2.28 bits per heavy atom. The standard InChI is InChI=1S/C12H17N5O/c1-9-5-6-11-15-12(16-17(11)8-9)14-7-3-2-4-10(13)18/h5-6,8H,2-4,7H2,1H3,(H2,13,18)(H,14,16). The van der Waals surface area contributed by atoms with Crippen LogP contribution in [-0.2, 0) is 4.79 Å². The number of nitrogens with two attached hydrogens (primary N) is 1. The molecule has 2 heterocycles. The molecule has 2 aromatic rings. The molecule has 2 aromatic heterocycles. The minimum Gasteiger partial charge on any atom is -0.370 e. The van der Waals surface area contributed by atoms with Crippen LogP contribution in [0.4, 0.5) is 5.95 Å². The third-order valence-electron chi connectivity index (χ3n) is 2.61. The Kier molecular flexibility index (Phi) is 3.76. The maximum absolute atomic E-state index is 10.6. The number of primary amides is 1. The third-order valence-corrected chi connectivity index (χ3v) is 2.61. The molecule has 96 valence electrons. The highest BCUT2D eigenvalue weighted by Crippen LogP contribution is 2.07. The van der Waals surface area contributed by atoms with E-state index < -0.39 is 0 Å². The molecule has 0 radical (unpaired) electrons. The van der Waals surface area contributed by atoms with Gasteiger partial charge in [-0.25, -0.2) is 4.52 Å². The number of anilines is 1. The van der Waals surface area contributed by atoms with Crippen LogP contribution >= 0.6 is 0 Å². The summed E-state index contributed by atoms with van der Waals surface area (Å²) < 4.78 is 1.75. The van der Waals surface area contributed by atoms with Crippen molar-refractivity contribution < 1.29 is 4.79 Å². The summed E-state index contributed by atoms with van der Waals surface area (Å²) in [5, 5.41) is 7.44. The Morgan fingerprint density at radius 3 is 3.06 bits per heavy atom. The second-order valence-electron chi connectivity index (χ2n) is 4.29. The highest BCUT2D eigenvalue weighted by molar-refractivity contribution is 5.73. The number of unbranched alkanes of at least 4 members (excludes halogenated alkanes) is 1. The van der Waals surface area contributed by atoms with Gasteiger partial charge in [0.05, 0.1) is 0 Å². The Bertz CT molecular complexity index is 548. The number of nitrogens with one attached hydrogen (secondary N) is 1. The lowest BCUT2D eigenvalue weighted by molar-refractivity contribution is -0.118. The van der Waals surface area contributed by atoms with E-state index in [1.165, 1.54) is 0 Å². The van der Waals surface area contributed by atoms with Crippen LogP contribution in [0.3, 0.4) is 0 Å². The van der Waals surface area contributed by atoms with Gasteiger partial charge in [-0.3, -0.25) is 4.79 Å². The number of aryl methyl sites for hydroxylation is 1. The molecule has 2 rings (SSSR count). The molecule has 0 saturated heterocycles. The first-order valence-corrected chi connectivity index (χ1v) is 6.00. The Morgan fingerprint density at radius 1 is 1.44 bits per heavy atom. The fourth-order valence-corrected chi connectivity index (χ4v) is 1.69. The quantitative estimate of drug-likeness (QED) is 0.749. The molecule has 0 aliphatic heterocycles. The summed E-state index contributed by atoms with van der Waals surface area (Å²) in [5.74, 6) is 0.357. The van der Waals surface area contributed by atoms with E-state index >= 15 is 0 Å². The van der Waals surface area contributed by atoms with E-state index in [0.29, 0.717) is 12.4 Å². The summed E-state index contributed by atoms with van der Waals surface area (Å²) in [7, 11) is 0. The third kappa shape index (κ3) is 3.19. The summed E-state index contributed by atoms with van der Waals surface area (Å²) in [5.41, 5.74) is 7.02. The van der Waals surface area contributed by atoms with Crippen LogP contribution in [0.1, 0.15) is 24.8 Å². The van der Waals surface area contributed by atoms with Crippen molar-refractivity contribution in [3.05, 3.63) is 23.9 Å². The van der Waals surface area contributed by atoms with E-state index in [0.717, 1.165) is 30.6 Å². The number of aromatic nitrogens is 3. The smallest absolute Gasteiger partial charge is 0.243 e. The van der Waals surface area contributed by atoms with Crippen molar-refractivity contribution >= 4 is 17.5 Å². The number of amides is 1. The minimum atomic E-state index is -0.253. The van der Waals surface area contributed by atoms with E-state index in [1.54, 1.807) is 4.52 Å². The van der Waals surface area contributed by atoms with Crippen LogP contribution in [0.25, 0.3) is 5.65 Å². The molecule has 18 heavy (non-hydrogen) atoms. The van der Waals surface area contributed by atoms with Gasteiger partial charge in [0.15, 0.2) is 5.65 Å². The number of rotatable bonds is 6. The number of carbonyl (C=O) groups excluding carboxylic acids is 1. The van der Waals surface area contributed by atoms with E-state index in [1.807, 2.05) is 25.3 Å². The molecule has 3 N–H and O–H groups in total. The predicted molar refractivity (Wildman–Crippen MR) is 69.3 cm³/mol. The summed E-state index contributed by atoms with van der Waals surface area (Å²) in [6.07, 6.45) is 4.02. The molecule has 0 saturated carbocycles. The largest absolute Gasteiger partial charge is 0.370 e. The van der Waals surface area contributed by atoms with Crippen molar-refractivity contribution in [2.24, 2.45) is 5.73 Å². The van der Waals surface area contributed by atoms with Gasteiger partial charge in [-0.05, 0) is 31.4 Å². The second-order valence-corrected chi connectivity index (χ2v) is 4.29. The molecule has 0 unspecified atom stereocenters. The molecular formula is C12H17N5O. The van der Waals surface area contributed by atoms with Gasteiger partial charge in [-0.1, -0.05) is 6.07 Å². The van der Waals surface area contributed by atoms with Crippen LogP contribution < -0.4 is 11.1 Å². The van der Waals surface area contributed by atoms with Crippen LogP contribution in [0.15, 0.2) is 18.3 Å². The van der Waals surface area contributed by atoms with Crippen molar-refractivity contribution in [3.8, 4) is 0 Å². The first-order chi connectivity index (χ1) is 8.65. The van der Waals surface area contributed by atoms with Gasteiger partial charge in [0.2, 0.25) is 11.9 Å². The van der Waals surface area contributed by atoms with Gasteiger partial charge < -0.3 is 11.1 Å². The first kappa shape index (κ1) is 12.3. The van der Waals surface area contributed by atoms with E-state index in [4.69, 9.17) is 5.73 Å². The van der Waals surface area contributed by atoms with Crippen molar-refractivity contribution in [2.45, 2.75) is 26.2 Å². The van der Waals surface area contributed by atoms with Crippen LogP contribution in [-0.4, -0.2) is 27.0 Å². The molecule has 6 nitrogen and oxygen atoms in total. The van der Waals surface area contributed by atoms with Crippen molar-refractivity contribution in [3.63, 3.8) is 0 Å². The van der Waals surface area contributed by atoms with Gasteiger partial charge in [0.25, 0.3) is 0 Å². The zero-order chi connectivity index (χ0) is 13.0. The highest BCUT2D eigenvalue weighted by Gasteiger charge is 2.02. The predicted octanol–water partition coefficient (Wildman–Crippen LogP) is 1.11. The highest BCUT2D eigenvalue weighted by atomic mass is 16.1. The number of hydrogen-bond acceptors (Lipinski definition) is 4. The van der Waals surface area contributed by atoms with Gasteiger partial charge in [0, 0.05) is 19.2 Å². The number of pyridine rings is 1. The molecule has 0 atom stereocenters. The first-order valence-electron chi connectivity index (χ1n) is 6.00. The summed E-state index contributed by atoms with van der Waals surface area (Å²) in [6.45, 7) is 2.75. The SMILES string of the molecule is Cc1ccc2nc(NCCCCC(N)=O)nn2c1. The number of fused-ring (bicyclic) bond motifs is 1. The number of nitrogens with zero attached hydrogens (tertiary/aromatic N) is 3. The Hall–Kier alpha value is -2.11. The fourth-order valence-electron chi connectivity index (χ4n) is 1.69. The molecule has 0 spiro atoms. The Labute approximate surface area is 105 Å². The topological polar surface area (TPSA) is 85.3 Å². The molecule has 6 heteroatoms. The molecule has 0 bridgehead atoms. The second kappa shape index (κ2) is 5.48. The molecule has 0 aliphatic rings. The average molecular weight is 247 g/mol. The monoisotopic (exact) mass is 247 g/mol. The average Bonchev–Trinajstić information content (AvgIpc) is 2.70. The van der Waals surface area contributed by atoms with Crippen molar-refractivity contribution in [2.75, 3.05) is 11.9 Å². The summed E-state index contributed by atoms with van der Waals surface area (Å²) in [6, 6.07) is 3.93. The minimum absolute atomic E-state index is 0.253. The zero-order valence-corrected chi connectivity index (χ0v) is 10.4. The normalized spacial score (nSPS) is 10.7. The van der Waals surface area contributed by atoms with Crippen molar-refractivity contribution in [1.29, 1.82) is 0 Å². The lowest BCUT2D eigenvalue weighted by Gasteiger charge is -1.99. The molecule has 0 aromatic carbocycles. The molecule has 1 amide bonds. The van der Waals surface area contributed by atoms with E-state index in [2.05, 4.69) is 15.4 Å². The van der Waals surface area contributed by atoms with Gasteiger partial charge >= 0.3 is 0 Å². The molecule has 0 fully saturated rings. The lowest BCUT2D eigenvalue weighted by atomic mass is 10.2. The molecular weight excluding hydrogens is 230 g/mol. The van der Waals surface area contributed by atoms with Crippen LogP contribution in [0, 0.1) is 6.92 Å². The van der Waals surface area contributed by atoms with Gasteiger partial charge in [-0.2, -0.15) is 4.98 Å². The summed E-state index contributed by atoms with van der Waals surface area (Å²) >= 11 is 0. The zero-order valence-electron chi connectivity index (χ0n) is 10.4.